The molecule has 1 aromatic heterocycles. The number of hydrazone groups is 1. The molecule has 0 aliphatic heterocycles. The smallest absolute Gasteiger partial charge is 0.275 e. The van der Waals surface area contributed by atoms with Crippen molar-refractivity contribution in [3.8, 4) is 17.2 Å². The van der Waals surface area contributed by atoms with Crippen molar-refractivity contribution < 1.29 is 14.6 Å². The maximum Gasteiger partial charge on any atom is 0.275 e. The molecule has 1 amide bonds. The Balaban J connectivity index is 1.52. The van der Waals surface area contributed by atoms with E-state index in [0.29, 0.717) is 6.61 Å². The van der Waals surface area contributed by atoms with E-state index in [4.69, 9.17) is 4.74 Å². The van der Waals surface area contributed by atoms with Crippen LogP contribution >= 0.6 is 0 Å². The van der Waals surface area contributed by atoms with Gasteiger partial charge in [0.25, 0.3) is 5.91 Å². The van der Waals surface area contributed by atoms with Crippen LogP contribution in [0.2, 0.25) is 0 Å². The molecule has 0 unspecified atom stereocenters. The number of benzene rings is 3. The molecule has 0 fully saturated rings. The van der Waals surface area contributed by atoms with Crippen LogP contribution in [0.3, 0.4) is 0 Å². The van der Waals surface area contributed by atoms with Crippen LogP contribution in [0.15, 0.2) is 71.8 Å². The largest absolute Gasteiger partial charge is 0.507 e. The fourth-order valence-corrected chi connectivity index (χ4v) is 3.80. The highest BCUT2D eigenvalue weighted by atomic mass is 16.5. The molecule has 6 heteroatoms. The maximum absolute atomic E-state index is 12.6. The first kappa shape index (κ1) is 21.2. The van der Waals surface area contributed by atoms with Crippen molar-refractivity contribution in [3.63, 3.8) is 0 Å². The molecule has 0 atom stereocenters. The Morgan fingerprint density at radius 2 is 1.75 bits per heavy atom. The second-order valence-corrected chi connectivity index (χ2v) is 7.50. The molecule has 6 nitrogen and oxygen atoms in total. The SMILES string of the molecule is CCOc1ccc(-n2c(C)cc(/C=N/NC(=O)c3cc4ccccc4cc3O)c2C)cc1. The summed E-state index contributed by atoms with van der Waals surface area (Å²) in [6.07, 6.45) is 1.61. The summed E-state index contributed by atoms with van der Waals surface area (Å²) in [6, 6.07) is 20.7. The number of carbonyl (C=O) groups is 1. The number of phenolic OH excluding ortho intramolecular Hbond substituents is 1. The molecule has 0 aliphatic rings. The van der Waals surface area contributed by atoms with Crippen molar-refractivity contribution in [2.45, 2.75) is 20.8 Å². The molecule has 32 heavy (non-hydrogen) atoms. The lowest BCUT2D eigenvalue weighted by atomic mass is 10.1. The first-order valence-corrected chi connectivity index (χ1v) is 10.4. The zero-order valence-corrected chi connectivity index (χ0v) is 18.3. The first-order valence-electron chi connectivity index (χ1n) is 10.4. The van der Waals surface area contributed by atoms with Crippen LogP contribution in [-0.2, 0) is 0 Å². The fourth-order valence-electron chi connectivity index (χ4n) is 3.80. The van der Waals surface area contributed by atoms with Gasteiger partial charge in [-0.25, -0.2) is 5.43 Å². The van der Waals surface area contributed by atoms with E-state index in [0.717, 1.165) is 39.2 Å². The van der Waals surface area contributed by atoms with Crippen LogP contribution in [-0.4, -0.2) is 28.4 Å². The number of hydrogen-bond donors (Lipinski definition) is 2. The average Bonchev–Trinajstić information content (AvgIpc) is 3.07. The molecule has 0 radical (unpaired) electrons. The standard InChI is InChI=1S/C26H25N3O3/c1-4-32-23-11-9-22(10-12-23)29-17(2)13-21(18(29)3)16-27-28-26(31)24-14-19-7-5-6-8-20(19)15-25(24)30/h5-16,30H,4H2,1-3H3,(H,28,31)/b27-16+. The highest BCUT2D eigenvalue weighted by molar-refractivity contribution is 6.01. The highest BCUT2D eigenvalue weighted by Gasteiger charge is 2.13. The van der Waals surface area contributed by atoms with Crippen LogP contribution in [0.4, 0.5) is 0 Å². The molecule has 162 valence electrons. The number of rotatable bonds is 6. The maximum atomic E-state index is 12.6. The Bertz CT molecular complexity index is 1300. The molecule has 2 N–H and O–H groups in total. The Hall–Kier alpha value is -4.06. The summed E-state index contributed by atoms with van der Waals surface area (Å²) in [5.74, 6) is 0.287. The normalized spacial score (nSPS) is 11.2. The zero-order valence-electron chi connectivity index (χ0n) is 18.3. The summed E-state index contributed by atoms with van der Waals surface area (Å²) in [5, 5.41) is 16.1. The van der Waals surface area contributed by atoms with Gasteiger partial charge in [0.1, 0.15) is 11.5 Å². The van der Waals surface area contributed by atoms with E-state index < -0.39 is 5.91 Å². The first-order chi connectivity index (χ1) is 15.5. The Morgan fingerprint density at radius 3 is 2.44 bits per heavy atom. The predicted octanol–water partition coefficient (Wildman–Crippen LogP) is 5.12. The van der Waals surface area contributed by atoms with Crippen LogP contribution in [0, 0.1) is 13.8 Å². The molecule has 0 saturated carbocycles. The van der Waals surface area contributed by atoms with E-state index in [1.54, 1.807) is 18.3 Å². The minimum absolute atomic E-state index is 0.0786. The van der Waals surface area contributed by atoms with Gasteiger partial charge in [0.05, 0.1) is 18.4 Å². The van der Waals surface area contributed by atoms with E-state index in [1.807, 2.05) is 75.4 Å². The number of phenols is 1. The van der Waals surface area contributed by atoms with E-state index in [1.165, 1.54) is 0 Å². The lowest BCUT2D eigenvalue weighted by molar-refractivity contribution is 0.0952. The molecule has 3 aromatic carbocycles. The Morgan fingerprint density at radius 1 is 1.06 bits per heavy atom. The third-order valence-corrected chi connectivity index (χ3v) is 5.35. The van der Waals surface area contributed by atoms with Gasteiger partial charge in [0.15, 0.2) is 0 Å². The topological polar surface area (TPSA) is 75.8 Å². The van der Waals surface area contributed by atoms with Gasteiger partial charge in [-0.2, -0.15) is 5.10 Å². The van der Waals surface area contributed by atoms with Crippen molar-refractivity contribution in [3.05, 3.63) is 89.2 Å². The number of aromatic nitrogens is 1. The Labute approximate surface area is 186 Å². The van der Waals surface area contributed by atoms with Gasteiger partial charge in [-0.05, 0) is 74.0 Å². The highest BCUT2D eigenvalue weighted by Crippen LogP contribution is 2.25. The van der Waals surface area contributed by atoms with Gasteiger partial charge >= 0.3 is 0 Å². The van der Waals surface area contributed by atoms with Crippen LogP contribution in [0.25, 0.3) is 16.5 Å². The van der Waals surface area contributed by atoms with Crippen molar-refractivity contribution in [1.82, 2.24) is 9.99 Å². The van der Waals surface area contributed by atoms with E-state index in [9.17, 15) is 9.90 Å². The van der Waals surface area contributed by atoms with Gasteiger partial charge in [-0.15, -0.1) is 0 Å². The van der Waals surface area contributed by atoms with Gasteiger partial charge in [0.2, 0.25) is 0 Å². The Kier molecular flexibility index (Phi) is 5.94. The number of amides is 1. The number of aromatic hydroxyl groups is 1. The third kappa shape index (κ3) is 4.21. The van der Waals surface area contributed by atoms with Crippen LogP contribution in [0.5, 0.6) is 11.5 Å². The van der Waals surface area contributed by atoms with Gasteiger partial charge in [-0.1, -0.05) is 24.3 Å². The number of nitrogens with zero attached hydrogens (tertiary/aromatic N) is 2. The minimum Gasteiger partial charge on any atom is -0.507 e. The van der Waals surface area contributed by atoms with E-state index in [2.05, 4.69) is 15.1 Å². The van der Waals surface area contributed by atoms with Gasteiger partial charge in [0, 0.05) is 22.6 Å². The number of hydrogen-bond acceptors (Lipinski definition) is 4. The molecular formula is C26H25N3O3. The summed E-state index contributed by atoms with van der Waals surface area (Å²) >= 11 is 0. The number of nitrogens with one attached hydrogen (secondary N) is 1. The monoisotopic (exact) mass is 427 g/mol. The predicted molar refractivity (Wildman–Crippen MR) is 127 cm³/mol. The van der Waals surface area contributed by atoms with E-state index in [-0.39, 0.29) is 11.3 Å². The quantitative estimate of drug-likeness (QED) is 0.331. The fraction of sp³-hybridized carbons (Fsp3) is 0.154. The van der Waals surface area contributed by atoms with E-state index >= 15 is 0 Å². The van der Waals surface area contributed by atoms with Crippen molar-refractivity contribution in [2.75, 3.05) is 6.61 Å². The summed E-state index contributed by atoms with van der Waals surface area (Å²) in [4.78, 5) is 12.6. The minimum atomic E-state index is -0.468. The summed E-state index contributed by atoms with van der Waals surface area (Å²) < 4.78 is 7.64. The van der Waals surface area contributed by atoms with Crippen molar-refractivity contribution >= 4 is 22.9 Å². The molecule has 0 aliphatic carbocycles. The third-order valence-electron chi connectivity index (χ3n) is 5.35. The van der Waals surface area contributed by atoms with Gasteiger partial charge < -0.3 is 14.4 Å². The molecule has 0 saturated heterocycles. The van der Waals surface area contributed by atoms with Gasteiger partial charge in [-0.3, -0.25) is 4.79 Å². The second kappa shape index (κ2) is 8.98. The number of carbonyl (C=O) groups excluding carboxylic acids is 1. The molecule has 0 spiro atoms. The summed E-state index contributed by atoms with van der Waals surface area (Å²) in [7, 11) is 0. The lowest BCUT2D eigenvalue weighted by Crippen LogP contribution is -2.17. The zero-order chi connectivity index (χ0) is 22.7. The number of aryl methyl sites for hydroxylation is 1. The number of ether oxygens (including phenoxy) is 1. The molecular weight excluding hydrogens is 402 g/mol. The van der Waals surface area contributed by atoms with Crippen molar-refractivity contribution in [2.24, 2.45) is 5.10 Å². The van der Waals surface area contributed by atoms with Crippen LogP contribution in [0.1, 0.15) is 34.2 Å². The van der Waals surface area contributed by atoms with Crippen molar-refractivity contribution in [1.29, 1.82) is 0 Å². The average molecular weight is 428 g/mol. The number of fused-ring (bicyclic) bond motifs is 1. The molecule has 1 heterocycles. The summed E-state index contributed by atoms with van der Waals surface area (Å²) in [5.41, 5.74) is 6.65. The lowest BCUT2D eigenvalue weighted by Gasteiger charge is -2.11. The summed E-state index contributed by atoms with van der Waals surface area (Å²) in [6.45, 7) is 6.61. The molecule has 4 aromatic rings. The van der Waals surface area contributed by atoms with Crippen LogP contribution < -0.4 is 10.2 Å². The second-order valence-electron chi connectivity index (χ2n) is 7.50. The molecule has 0 bridgehead atoms. The molecule has 4 rings (SSSR count).